The van der Waals surface area contributed by atoms with Gasteiger partial charge in [0.2, 0.25) is 11.9 Å². The number of nitrogens with zero attached hydrogens (tertiary/aromatic N) is 3. The second-order valence-electron chi connectivity index (χ2n) is 6.29. The summed E-state index contributed by atoms with van der Waals surface area (Å²) in [6.45, 7) is 7.82. The molecule has 2 aromatic heterocycles. The third kappa shape index (κ3) is 4.64. The van der Waals surface area contributed by atoms with Crippen LogP contribution in [0, 0.1) is 27.7 Å². The summed E-state index contributed by atoms with van der Waals surface area (Å²) in [6.07, 6.45) is 0.221. The number of anilines is 3. The zero-order chi connectivity index (χ0) is 18.7. The van der Waals surface area contributed by atoms with Crippen LogP contribution in [0.3, 0.4) is 0 Å². The Kier molecular flexibility index (Phi) is 5.27. The molecule has 7 heteroatoms. The van der Waals surface area contributed by atoms with E-state index in [4.69, 9.17) is 0 Å². The van der Waals surface area contributed by atoms with E-state index < -0.39 is 0 Å². The lowest BCUT2D eigenvalue weighted by Crippen LogP contribution is -2.15. The zero-order valence-corrected chi connectivity index (χ0v) is 16.1. The highest BCUT2D eigenvalue weighted by atomic mass is 32.1. The molecule has 0 radical (unpaired) electrons. The van der Waals surface area contributed by atoms with Crippen LogP contribution >= 0.6 is 11.3 Å². The highest BCUT2D eigenvalue weighted by Gasteiger charge is 2.10. The molecule has 0 bridgehead atoms. The molecule has 0 atom stereocenters. The highest BCUT2D eigenvalue weighted by molar-refractivity contribution is 7.13. The van der Waals surface area contributed by atoms with Crippen LogP contribution in [-0.4, -0.2) is 20.9 Å². The molecule has 134 valence electrons. The molecule has 3 rings (SSSR count). The Morgan fingerprint density at radius 3 is 2.50 bits per heavy atom. The van der Waals surface area contributed by atoms with Crippen LogP contribution in [0.25, 0.3) is 0 Å². The van der Waals surface area contributed by atoms with Crippen LogP contribution in [0.4, 0.5) is 16.8 Å². The van der Waals surface area contributed by atoms with Gasteiger partial charge in [-0.05, 0) is 51.0 Å². The van der Waals surface area contributed by atoms with Crippen molar-refractivity contribution in [1.29, 1.82) is 0 Å². The van der Waals surface area contributed by atoms with E-state index in [0.717, 1.165) is 28.2 Å². The molecule has 0 fully saturated rings. The van der Waals surface area contributed by atoms with Gasteiger partial charge in [0, 0.05) is 22.5 Å². The van der Waals surface area contributed by atoms with Crippen LogP contribution in [-0.2, 0) is 11.2 Å². The van der Waals surface area contributed by atoms with Crippen LogP contribution in [0.2, 0.25) is 0 Å². The van der Waals surface area contributed by atoms with Crippen molar-refractivity contribution in [2.45, 2.75) is 34.1 Å². The fourth-order valence-electron chi connectivity index (χ4n) is 2.55. The summed E-state index contributed by atoms with van der Waals surface area (Å²) in [5.74, 6) is 0.432. The minimum atomic E-state index is -0.0850. The van der Waals surface area contributed by atoms with Crippen molar-refractivity contribution in [2.75, 3.05) is 10.6 Å². The quantitative estimate of drug-likeness (QED) is 0.710. The molecule has 3 aromatic rings. The number of hydrogen-bond donors (Lipinski definition) is 2. The standard InChI is InChI=1S/C19H21N5OS/c1-11-5-6-12(2)16(7-11)23-17(25)9-15-10-26-19(22-15)24-18-20-13(3)8-14(4)21-18/h5-8,10H,9H2,1-4H3,(H,23,25)(H,20,21,22,24). The minimum Gasteiger partial charge on any atom is -0.325 e. The number of hydrogen-bond acceptors (Lipinski definition) is 6. The Hall–Kier alpha value is -2.80. The fraction of sp³-hybridized carbons (Fsp3) is 0.263. The maximum Gasteiger partial charge on any atom is 0.230 e. The van der Waals surface area contributed by atoms with Gasteiger partial charge in [-0.1, -0.05) is 12.1 Å². The third-order valence-corrected chi connectivity index (χ3v) is 4.57. The molecule has 1 aromatic carbocycles. The molecule has 0 aliphatic rings. The second kappa shape index (κ2) is 7.61. The van der Waals surface area contributed by atoms with Crippen LogP contribution in [0.1, 0.15) is 28.2 Å². The van der Waals surface area contributed by atoms with Crippen LogP contribution in [0.5, 0.6) is 0 Å². The number of aryl methyl sites for hydroxylation is 4. The summed E-state index contributed by atoms with van der Waals surface area (Å²) < 4.78 is 0. The molecule has 2 N–H and O–H groups in total. The predicted molar refractivity (Wildman–Crippen MR) is 105 cm³/mol. The number of carbonyl (C=O) groups is 1. The van der Waals surface area contributed by atoms with Crippen molar-refractivity contribution in [3.63, 3.8) is 0 Å². The van der Waals surface area contributed by atoms with E-state index in [-0.39, 0.29) is 12.3 Å². The van der Waals surface area contributed by atoms with E-state index >= 15 is 0 Å². The number of carbonyl (C=O) groups excluding carboxylic acids is 1. The van der Waals surface area contributed by atoms with E-state index in [1.807, 2.05) is 57.3 Å². The van der Waals surface area contributed by atoms with Gasteiger partial charge in [-0.25, -0.2) is 15.0 Å². The van der Waals surface area contributed by atoms with Crippen molar-refractivity contribution in [3.05, 3.63) is 57.9 Å². The van der Waals surface area contributed by atoms with Gasteiger partial charge < -0.3 is 10.6 Å². The summed E-state index contributed by atoms with van der Waals surface area (Å²) >= 11 is 1.43. The maximum atomic E-state index is 12.3. The van der Waals surface area contributed by atoms with Crippen molar-refractivity contribution in [3.8, 4) is 0 Å². The number of aromatic nitrogens is 3. The Morgan fingerprint density at radius 1 is 1.04 bits per heavy atom. The molecule has 0 spiro atoms. The average molecular weight is 367 g/mol. The van der Waals surface area contributed by atoms with E-state index in [1.165, 1.54) is 11.3 Å². The number of amides is 1. The van der Waals surface area contributed by atoms with E-state index in [2.05, 4.69) is 25.6 Å². The first-order valence-corrected chi connectivity index (χ1v) is 9.18. The topological polar surface area (TPSA) is 79.8 Å². The summed E-state index contributed by atoms with van der Waals surface area (Å²) in [5, 5.41) is 8.59. The zero-order valence-electron chi connectivity index (χ0n) is 15.3. The maximum absolute atomic E-state index is 12.3. The Bertz CT molecular complexity index is 931. The largest absolute Gasteiger partial charge is 0.325 e. The lowest BCUT2D eigenvalue weighted by atomic mass is 10.1. The second-order valence-corrected chi connectivity index (χ2v) is 7.14. The van der Waals surface area contributed by atoms with Gasteiger partial charge in [0.25, 0.3) is 0 Å². The molecular weight excluding hydrogens is 346 g/mol. The summed E-state index contributed by atoms with van der Waals surface area (Å²) in [5.41, 5.74) is 5.49. The van der Waals surface area contributed by atoms with Gasteiger partial charge in [0.15, 0.2) is 5.13 Å². The highest BCUT2D eigenvalue weighted by Crippen LogP contribution is 2.21. The van der Waals surface area contributed by atoms with Crippen LogP contribution in [0.15, 0.2) is 29.6 Å². The van der Waals surface area contributed by atoms with Gasteiger partial charge in [0.05, 0.1) is 12.1 Å². The Labute approximate surface area is 156 Å². The number of rotatable bonds is 5. The lowest BCUT2D eigenvalue weighted by Gasteiger charge is -2.08. The van der Waals surface area contributed by atoms with E-state index in [9.17, 15) is 4.79 Å². The molecule has 0 saturated heterocycles. The first-order valence-electron chi connectivity index (χ1n) is 8.30. The molecule has 1 amide bonds. The molecule has 0 unspecified atom stereocenters. The van der Waals surface area contributed by atoms with Gasteiger partial charge in [0.1, 0.15) is 0 Å². The molecule has 26 heavy (non-hydrogen) atoms. The smallest absolute Gasteiger partial charge is 0.230 e. The average Bonchev–Trinajstić information content (AvgIpc) is 2.96. The first kappa shape index (κ1) is 18.0. The third-order valence-electron chi connectivity index (χ3n) is 3.76. The van der Waals surface area contributed by atoms with Gasteiger partial charge in [-0.15, -0.1) is 11.3 Å². The molecule has 0 saturated carbocycles. The molecule has 6 nitrogen and oxygen atoms in total. The number of nitrogens with one attached hydrogen (secondary N) is 2. The van der Waals surface area contributed by atoms with Gasteiger partial charge in [-0.2, -0.15) is 0 Å². The van der Waals surface area contributed by atoms with Crippen molar-refractivity contribution in [2.24, 2.45) is 0 Å². The van der Waals surface area contributed by atoms with Crippen molar-refractivity contribution < 1.29 is 4.79 Å². The fourth-order valence-corrected chi connectivity index (χ4v) is 3.26. The summed E-state index contributed by atoms with van der Waals surface area (Å²) in [7, 11) is 0. The Balaban J connectivity index is 1.64. The minimum absolute atomic E-state index is 0.0850. The molecule has 0 aliphatic heterocycles. The monoisotopic (exact) mass is 367 g/mol. The molecule has 0 aliphatic carbocycles. The first-order chi connectivity index (χ1) is 12.4. The lowest BCUT2D eigenvalue weighted by molar-refractivity contribution is -0.115. The van der Waals surface area contributed by atoms with Gasteiger partial charge in [-0.3, -0.25) is 4.79 Å². The van der Waals surface area contributed by atoms with Crippen molar-refractivity contribution in [1.82, 2.24) is 15.0 Å². The van der Waals surface area contributed by atoms with Crippen LogP contribution < -0.4 is 10.6 Å². The van der Waals surface area contributed by atoms with E-state index in [0.29, 0.717) is 16.8 Å². The molecule has 2 heterocycles. The van der Waals surface area contributed by atoms with Gasteiger partial charge >= 0.3 is 0 Å². The summed E-state index contributed by atoms with van der Waals surface area (Å²) in [4.78, 5) is 25.4. The summed E-state index contributed by atoms with van der Waals surface area (Å²) in [6, 6.07) is 7.91. The molecular formula is C19H21N5OS. The SMILES string of the molecule is Cc1ccc(C)c(NC(=O)Cc2csc(Nc3nc(C)cc(C)n3)n2)c1. The number of thiazole rings is 1. The Morgan fingerprint density at radius 2 is 1.77 bits per heavy atom. The van der Waals surface area contributed by atoms with Crippen molar-refractivity contribution >= 4 is 34.0 Å². The predicted octanol–water partition coefficient (Wildman–Crippen LogP) is 4.09. The normalized spacial score (nSPS) is 10.6. The van der Waals surface area contributed by atoms with E-state index in [1.54, 1.807) is 0 Å². The number of benzene rings is 1.